The van der Waals surface area contributed by atoms with Crippen molar-refractivity contribution >= 4 is 39.2 Å². The normalized spacial score (nSPS) is 15.8. The fourth-order valence-corrected chi connectivity index (χ4v) is 4.10. The van der Waals surface area contributed by atoms with E-state index in [1.165, 1.54) is 6.20 Å². The molecule has 1 aliphatic rings. The van der Waals surface area contributed by atoms with Crippen molar-refractivity contribution in [3.63, 3.8) is 0 Å². The summed E-state index contributed by atoms with van der Waals surface area (Å²) >= 11 is 0. The third-order valence-electron chi connectivity index (χ3n) is 5.83. The third-order valence-corrected chi connectivity index (χ3v) is 5.83. The van der Waals surface area contributed by atoms with Crippen molar-refractivity contribution in [2.24, 2.45) is 16.5 Å². The summed E-state index contributed by atoms with van der Waals surface area (Å²) < 4.78 is 11.5. The van der Waals surface area contributed by atoms with Crippen molar-refractivity contribution in [3.8, 4) is 5.75 Å². The molecule has 0 unspecified atom stereocenters. The maximum Gasteiger partial charge on any atom is 0.214 e. The topological polar surface area (TPSA) is 144 Å². The van der Waals surface area contributed by atoms with Gasteiger partial charge in [-0.1, -0.05) is 0 Å². The highest BCUT2D eigenvalue weighted by molar-refractivity contribution is 6.27. The smallest absolute Gasteiger partial charge is 0.214 e. The number of nitrogens with zero attached hydrogens (tertiary/aromatic N) is 2. The molecule has 0 spiro atoms. The van der Waals surface area contributed by atoms with Gasteiger partial charge in [0, 0.05) is 36.0 Å². The fraction of sp³-hybridized carbons (Fsp3) is 0.240. The van der Waals surface area contributed by atoms with Crippen molar-refractivity contribution in [1.82, 2.24) is 15.0 Å². The Labute approximate surface area is 195 Å². The average Bonchev–Trinajstić information content (AvgIpc) is 3.42. The van der Waals surface area contributed by atoms with Crippen LogP contribution in [0, 0.1) is 6.92 Å². The number of carbonyl (C=O) groups is 1. The second kappa shape index (κ2) is 9.03. The quantitative estimate of drug-likeness (QED) is 0.150. The Morgan fingerprint density at radius 1 is 1.15 bits per heavy atom. The number of amidine groups is 1. The zero-order valence-corrected chi connectivity index (χ0v) is 18.8. The van der Waals surface area contributed by atoms with Crippen LogP contribution in [-0.2, 0) is 4.74 Å². The number of hydrogen-bond donors (Lipinski definition) is 4. The summed E-state index contributed by atoms with van der Waals surface area (Å²) in [5.41, 5.74) is 15.5. The van der Waals surface area contributed by atoms with E-state index in [0.29, 0.717) is 24.6 Å². The highest BCUT2D eigenvalue weighted by atomic mass is 16.5. The van der Waals surface area contributed by atoms with E-state index >= 15 is 0 Å². The highest BCUT2D eigenvalue weighted by Crippen LogP contribution is 2.26. The van der Waals surface area contributed by atoms with Crippen molar-refractivity contribution < 1.29 is 14.3 Å². The number of rotatable bonds is 6. The first kappa shape index (κ1) is 21.7. The number of aliphatic imine (C=N–C) groups is 1. The number of aromatic amines is 2. The second-order valence-corrected chi connectivity index (χ2v) is 8.29. The van der Waals surface area contributed by atoms with E-state index in [0.717, 1.165) is 46.4 Å². The van der Waals surface area contributed by atoms with E-state index in [9.17, 15) is 4.79 Å². The summed E-state index contributed by atoms with van der Waals surface area (Å²) in [7, 11) is 0. The van der Waals surface area contributed by atoms with Crippen molar-refractivity contribution in [2.45, 2.75) is 25.9 Å². The number of Topliss-reactive ketones (excluding diaryl/α,β-unsaturated/α-hetero) is 1. The molecule has 3 heterocycles. The largest absolute Gasteiger partial charge is 0.490 e. The van der Waals surface area contributed by atoms with Gasteiger partial charge >= 0.3 is 0 Å². The predicted octanol–water partition coefficient (Wildman–Crippen LogP) is 3.62. The Kier molecular flexibility index (Phi) is 5.77. The first-order valence-corrected chi connectivity index (χ1v) is 11.1. The molecule has 174 valence electrons. The monoisotopic (exact) mass is 458 g/mol. The lowest BCUT2D eigenvalue weighted by Crippen LogP contribution is -2.25. The SMILES string of the molecule is Cc1nc2ccc(N=C(N)C(=CN)C(=O)c3cc4ccc(OC5CCOCC5)cc4[nH]3)cc2[nH]1. The number of benzene rings is 2. The second-order valence-electron chi connectivity index (χ2n) is 8.29. The van der Waals surface area contributed by atoms with E-state index in [-0.39, 0.29) is 23.3 Å². The molecule has 9 heteroatoms. The summed E-state index contributed by atoms with van der Waals surface area (Å²) in [6, 6.07) is 12.9. The minimum atomic E-state index is -0.342. The van der Waals surface area contributed by atoms with Crippen molar-refractivity contribution in [3.05, 3.63) is 65.8 Å². The molecular formula is C25H26N6O3. The summed E-state index contributed by atoms with van der Waals surface area (Å²) in [5, 5.41) is 0.884. The lowest BCUT2D eigenvalue weighted by atomic mass is 10.1. The van der Waals surface area contributed by atoms with Crippen molar-refractivity contribution in [1.29, 1.82) is 0 Å². The van der Waals surface area contributed by atoms with Gasteiger partial charge in [0.05, 0.1) is 41.2 Å². The van der Waals surface area contributed by atoms with Gasteiger partial charge in [0.1, 0.15) is 23.5 Å². The Morgan fingerprint density at radius 2 is 1.97 bits per heavy atom. The summed E-state index contributed by atoms with van der Waals surface area (Å²) in [4.78, 5) is 28.3. The molecule has 0 bridgehead atoms. The molecule has 34 heavy (non-hydrogen) atoms. The summed E-state index contributed by atoms with van der Waals surface area (Å²) in [5.74, 6) is 1.25. The van der Waals surface area contributed by atoms with Crippen LogP contribution in [0.4, 0.5) is 5.69 Å². The fourth-order valence-electron chi connectivity index (χ4n) is 4.10. The van der Waals surface area contributed by atoms with E-state index in [1.807, 2.05) is 37.3 Å². The van der Waals surface area contributed by atoms with Crippen LogP contribution in [0.15, 0.2) is 59.2 Å². The maximum absolute atomic E-state index is 13.2. The lowest BCUT2D eigenvalue weighted by molar-refractivity contribution is 0.0256. The Morgan fingerprint density at radius 3 is 2.76 bits per heavy atom. The van der Waals surface area contributed by atoms with Gasteiger partial charge in [0.25, 0.3) is 0 Å². The number of hydrogen-bond acceptors (Lipinski definition) is 6. The van der Waals surface area contributed by atoms with Crippen LogP contribution in [0.2, 0.25) is 0 Å². The molecule has 6 N–H and O–H groups in total. The Bertz CT molecular complexity index is 1430. The number of ketones is 1. The summed E-state index contributed by atoms with van der Waals surface area (Å²) in [6.45, 7) is 3.30. The number of carbonyl (C=O) groups excluding carboxylic acids is 1. The minimum absolute atomic E-state index is 0.0327. The number of ether oxygens (including phenoxy) is 2. The van der Waals surface area contributed by atoms with Gasteiger partial charge in [-0.25, -0.2) is 9.98 Å². The van der Waals surface area contributed by atoms with E-state index in [2.05, 4.69) is 19.9 Å². The predicted molar refractivity (Wildman–Crippen MR) is 131 cm³/mol. The highest BCUT2D eigenvalue weighted by Gasteiger charge is 2.19. The molecule has 5 rings (SSSR count). The first-order valence-electron chi connectivity index (χ1n) is 11.1. The molecule has 0 atom stereocenters. The number of nitrogens with two attached hydrogens (primary N) is 2. The van der Waals surface area contributed by atoms with Crippen LogP contribution in [0.25, 0.3) is 21.9 Å². The molecule has 4 aromatic rings. The molecular weight excluding hydrogens is 432 g/mol. The van der Waals surface area contributed by atoms with Crippen LogP contribution >= 0.6 is 0 Å². The minimum Gasteiger partial charge on any atom is -0.490 e. The lowest BCUT2D eigenvalue weighted by Gasteiger charge is -2.23. The van der Waals surface area contributed by atoms with E-state index < -0.39 is 0 Å². The van der Waals surface area contributed by atoms with Crippen LogP contribution in [0.5, 0.6) is 5.75 Å². The van der Waals surface area contributed by atoms with Gasteiger partial charge in [-0.2, -0.15) is 0 Å². The number of H-pyrrole nitrogens is 2. The molecule has 0 saturated carbocycles. The van der Waals surface area contributed by atoms with Crippen LogP contribution in [0.3, 0.4) is 0 Å². The third kappa shape index (κ3) is 4.38. The average molecular weight is 459 g/mol. The molecule has 2 aromatic heterocycles. The molecule has 1 aliphatic heterocycles. The molecule has 0 amide bonds. The van der Waals surface area contributed by atoms with Crippen LogP contribution < -0.4 is 16.2 Å². The number of aromatic nitrogens is 3. The zero-order valence-electron chi connectivity index (χ0n) is 18.8. The molecule has 2 aromatic carbocycles. The summed E-state index contributed by atoms with van der Waals surface area (Å²) in [6.07, 6.45) is 3.05. The number of aryl methyl sites for hydroxylation is 1. The van der Waals surface area contributed by atoms with Gasteiger partial charge in [-0.3, -0.25) is 4.79 Å². The molecule has 1 saturated heterocycles. The molecule has 9 nitrogen and oxygen atoms in total. The Hall–Kier alpha value is -4.11. The van der Waals surface area contributed by atoms with E-state index in [1.54, 1.807) is 12.1 Å². The van der Waals surface area contributed by atoms with Crippen LogP contribution in [0.1, 0.15) is 29.2 Å². The standard InChI is InChI=1S/C25H26N6O3/c1-14-28-20-5-3-16(11-22(20)29-14)30-25(27)19(13-26)24(32)23-10-15-2-4-18(12-21(15)31-23)34-17-6-8-33-9-7-17/h2-5,10-13,17,31H,6-9,26H2,1H3,(H2,27,30)(H,28,29). The van der Waals surface area contributed by atoms with Crippen LogP contribution in [-0.4, -0.2) is 45.9 Å². The zero-order chi connectivity index (χ0) is 23.7. The Balaban J connectivity index is 1.37. The molecule has 1 fully saturated rings. The first-order chi connectivity index (χ1) is 16.5. The van der Waals surface area contributed by atoms with Gasteiger partial charge < -0.3 is 30.9 Å². The number of imidazole rings is 1. The maximum atomic E-state index is 13.2. The molecule has 0 aliphatic carbocycles. The number of nitrogens with one attached hydrogen (secondary N) is 2. The molecule has 0 radical (unpaired) electrons. The van der Waals surface area contributed by atoms with Gasteiger partial charge in [0.2, 0.25) is 5.78 Å². The van der Waals surface area contributed by atoms with Crippen molar-refractivity contribution in [2.75, 3.05) is 13.2 Å². The van der Waals surface area contributed by atoms with Gasteiger partial charge in [-0.15, -0.1) is 0 Å². The van der Waals surface area contributed by atoms with E-state index in [4.69, 9.17) is 20.9 Å². The number of fused-ring (bicyclic) bond motifs is 2. The van der Waals surface area contributed by atoms with Gasteiger partial charge in [-0.05, 0) is 43.3 Å². The van der Waals surface area contributed by atoms with Gasteiger partial charge in [0.15, 0.2) is 0 Å².